The lowest BCUT2D eigenvalue weighted by Gasteiger charge is -2.11. The first-order valence-corrected chi connectivity index (χ1v) is 7.25. The van der Waals surface area contributed by atoms with Gasteiger partial charge < -0.3 is 20.1 Å². The van der Waals surface area contributed by atoms with Gasteiger partial charge in [0.25, 0.3) is 5.91 Å². The van der Waals surface area contributed by atoms with Crippen molar-refractivity contribution in [1.82, 2.24) is 15.3 Å². The van der Waals surface area contributed by atoms with Gasteiger partial charge in [-0.3, -0.25) is 4.79 Å². The Balaban J connectivity index is 1.80. The van der Waals surface area contributed by atoms with Gasteiger partial charge in [-0.05, 0) is 25.3 Å². The first-order chi connectivity index (χ1) is 10.3. The Bertz CT molecular complexity index is 450. The van der Waals surface area contributed by atoms with Gasteiger partial charge in [-0.25, -0.2) is 9.97 Å². The van der Waals surface area contributed by atoms with Gasteiger partial charge in [0.2, 0.25) is 5.95 Å². The molecular weight excluding hydrogens is 272 g/mol. The highest BCUT2D eigenvalue weighted by Gasteiger charge is 2.15. The van der Waals surface area contributed by atoms with Crippen molar-refractivity contribution in [2.75, 3.05) is 38.7 Å². The van der Waals surface area contributed by atoms with E-state index >= 15 is 0 Å². The monoisotopic (exact) mass is 294 g/mol. The van der Waals surface area contributed by atoms with Gasteiger partial charge in [-0.15, -0.1) is 0 Å². The van der Waals surface area contributed by atoms with Crippen molar-refractivity contribution in [3.05, 3.63) is 18.0 Å². The zero-order valence-corrected chi connectivity index (χ0v) is 12.3. The maximum atomic E-state index is 11.9. The van der Waals surface area contributed by atoms with E-state index in [1.165, 1.54) is 0 Å². The number of hydrogen-bond acceptors (Lipinski definition) is 6. The summed E-state index contributed by atoms with van der Waals surface area (Å²) in [4.78, 5) is 20.3. The molecule has 1 aromatic heterocycles. The maximum Gasteiger partial charge on any atom is 0.270 e. The van der Waals surface area contributed by atoms with Crippen LogP contribution in [0.3, 0.4) is 0 Å². The predicted molar refractivity (Wildman–Crippen MR) is 78.3 cm³/mol. The number of ether oxygens (including phenoxy) is 2. The van der Waals surface area contributed by atoms with E-state index in [1.807, 2.05) is 0 Å². The average molecular weight is 294 g/mol. The first kappa shape index (κ1) is 15.7. The molecule has 1 amide bonds. The van der Waals surface area contributed by atoms with Crippen molar-refractivity contribution >= 4 is 11.9 Å². The van der Waals surface area contributed by atoms with Gasteiger partial charge >= 0.3 is 0 Å². The fraction of sp³-hybridized carbons (Fsp3) is 0.643. The molecule has 2 N–H and O–H groups in total. The SMILES string of the molecule is COCCCNC(=O)c1ccnc(NCC2CCCO2)n1. The van der Waals surface area contributed by atoms with Crippen molar-refractivity contribution in [3.8, 4) is 0 Å². The van der Waals surface area contributed by atoms with Crippen molar-refractivity contribution in [2.24, 2.45) is 0 Å². The van der Waals surface area contributed by atoms with Crippen LogP contribution in [0.1, 0.15) is 29.8 Å². The average Bonchev–Trinajstić information content (AvgIpc) is 3.03. The van der Waals surface area contributed by atoms with Gasteiger partial charge in [0.1, 0.15) is 5.69 Å². The summed E-state index contributed by atoms with van der Waals surface area (Å²) in [5.74, 6) is 0.253. The minimum absolute atomic E-state index is 0.200. The smallest absolute Gasteiger partial charge is 0.270 e. The lowest BCUT2D eigenvalue weighted by atomic mass is 10.2. The summed E-state index contributed by atoms with van der Waals surface area (Å²) in [5.41, 5.74) is 0.359. The zero-order chi connectivity index (χ0) is 14.9. The number of carbonyl (C=O) groups excluding carboxylic acids is 1. The van der Waals surface area contributed by atoms with Crippen LogP contribution in [0.4, 0.5) is 5.95 Å². The Labute approximate surface area is 124 Å². The molecule has 1 aliphatic heterocycles. The van der Waals surface area contributed by atoms with Crippen LogP contribution in [-0.4, -0.2) is 55.4 Å². The lowest BCUT2D eigenvalue weighted by Crippen LogP contribution is -2.27. The van der Waals surface area contributed by atoms with E-state index in [4.69, 9.17) is 9.47 Å². The molecule has 0 aromatic carbocycles. The second-order valence-electron chi connectivity index (χ2n) is 4.88. The highest BCUT2D eigenvalue weighted by Crippen LogP contribution is 2.12. The lowest BCUT2D eigenvalue weighted by molar-refractivity contribution is 0.0943. The standard InChI is InChI=1S/C14H22N4O3/c1-20-8-3-6-15-13(19)12-5-7-16-14(18-12)17-10-11-4-2-9-21-11/h5,7,11H,2-4,6,8-10H2,1H3,(H,15,19)(H,16,17,18). The van der Waals surface area contributed by atoms with Crippen LogP contribution in [0, 0.1) is 0 Å². The molecule has 1 unspecified atom stereocenters. The quantitative estimate of drug-likeness (QED) is 0.691. The number of hydrogen-bond donors (Lipinski definition) is 2. The van der Waals surface area contributed by atoms with E-state index in [0.717, 1.165) is 25.9 Å². The van der Waals surface area contributed by atoms with Crippen LogP contribution >= 0.6 is 0 Å². The second-order valence-corrected chi connectivity index (χ2v) is 4.88. The third kappa shape index (κ3) is 5.28. The van der Waals surface area contributed by atoms with E-state index in [2.05, 4.69) is 20.6 Å². The van der Waals surface area contributed by atoms with Crippen molar-refractivity contribution in [2.45, 2.75) is 25.4 Å². The van der Waals surface area contributed by atoms with Crippen LogP contribution in [0.15, 0.2) is 12.3 Å². The van der Waals surface area contributed by atoms with Crippen LogP contribution in [0.2, 0.25) is 0 Å². The minimum Gasteiger partial charge on any atom is -0.385 e. The molecule has 1 aliphatic rings. The predicted octanol–water partition coefficient (Wildman–Crippen LogP) is 0.834. The van der Waals surface area contributed by atoms with Crippen molar-refractivity contribution in [1.29, 1.82) is 0 Å². The van der Waals surface area contributed by atoms with Crippen LogP contribution in [0.5, 0.6) is 0 Å². The molecule has 2 heterocycles. The second kappa shape index (κ2) is 8.53. The Morgan fingerprint density at radius 2 is 2.48 bits per heavy atom. The maximum absolute atomic E-state index is 11.9. The molecule has 0 bridgehead atoms. The molecule has 7 heteroatoms. The van der Waals surface area contributed by atoms with E-state index in [-0.39, 0.29) is 12.0 Å². The van der Waals surface area contributed by atoms with Gasteiger partial charge in [-0.2, -0.15) is 0 Å². The number of nitrogens with zero attached hydrogens (tertiary/aromatic N) is 2. The van der Waals surface area contributed by atoms with E-state index in [9.17, 15) is 4.79 Å². The summed E-state index contributed by atoms with van der Waals surface area (Å²) >= 11 is 0. The molecule has 0 radical (unpaired) electrons. The molecule has 21 heavy (non-hydrogen) atoms. The largest absolute Gasteiger partial charge is 0.385 e. The number of carbonyl (C=O) groups is 1. The summed E-state index contributed by atoms with van der Waals surface area (Å²) < 4.78 is 10.4. The summed E-state index contributed by atoms with van der Waals surface area (Å²) in [6, 6.07) is 1.60. The number of rotatable bonds is 8. The van der Waals surface area contributed by atoms with Gasteiger partial charge in [0, 0.05) is 39.6 Å². The summed E-state index contributed by atoms with van der Waals surface area (Å²) in [6.45, 7) is 2.67. The molecule has 1 fully saturated rings. The zero-order valence-electron chi connectivity index (χ0n) is 12.3. The Hall–Kier alpha value is -1.73. The number of anilines is 1. The third-order valence-electron chi connectivity index (χ3n) is 3.21. The summed E-state index contributed by atoms with van der Waals surface area (Å²) in [5, 5.41) is 5.91. The van der Waals surface area contributed by atoms with Crippen LogP contribution < -0.4 is 10.6 Å². The molecule has 2 rings (SSSR count). The van der Waals surface area contributed by atoms with Crippen LogP contribution in [-0.2, 0) is 9.47 Å². The fourth-order valence-corrected chi connectivity index (χ4v) is 2.09. The van der Waals surface area contributed by atoms with Gasteiger partial charge in [-0.1, -0.05) is 0 Å². The summed E-state index contributed by atoms with van der Waals surface area (Å²) in [6.07, 6.45) is 4.70. The Morgan fingerprint density at radius 1 is 1.57 bits per heavy atom. The van der Waals surface area contributed by atoms with E-state index in [0.29, 0.717) is 31.3 Å². The molecule has 7 nitrogen and oxygen atoms in total. The molecule has 0 spiro atoms. The molecule has 0 saturated carbocycles. The van der Waals surface area contributed by atoms with E-state index < -0.39 is 0 Å². The number of nitrogens with one attached hydrogen (secondary N) is 2. The Morgan fingerprint density at radius 3 is 3.24 bits per heavy atom. The molecule has 1 atom stereocenters. The number of amides is 1. The first-order valence-electron chi connectivity index (χ1n) is 7.25. The molecule has 1 saturated heterocycles. The molecule has 116 valence electrons. The summed E-state index contributed by atoms with van der Waals surface area (Å²) in [7, 11) is 1.64. The topological polar surface area (TPSA) is 85.4 Å². The number of methoxy groups -OCH3 is 1. The highest BCUT2D eigenvalue weighted by atomic mass is 16.5. The molecule has 1 aromatic rings. The van der Waals surface area contributed by atoms with Gasteiger partial charge in [0.05, 0.1) is 6.10 Å². The molecular formula is C14H22N4O3. The Kier molecular flexibility index (Phi) is 6.36. The normalized spacial score (nSPS) is 17.7. The minimum atomic E-state index is -0.200. The fourth-order valence-electron chi connectivity index (χ4n) is 2.09. The van der Waals surface area contributed by atoms with Crippen LogP contribution in [0.25, 0.3) is 0 Å². The van der Waals surface area contributed by atoms with Crippen molar-refractivity contribution in [3.63, 3.8) is 0 Å². The number of aromatic nitrogens is 2. The third-order valence-corrected chi connectivity index (χ3v) is 3.21. The van der Waals surface area contributed by atoms with Crippen molar-refractivity contribution < 1.29 is 14.3 Å². The molecule has 0 aliphatic carbocycles. The highest BCUT2D eigenvalue weighted by molar-refractivity contribution is 5.92. The van der Waals surface area contributed by atoms with E-state index in [1.54, 1.807) is 19.4 Å². The van der Waals surface area contributed by atoms with Gasteiger partial charge in [0.15, 0.2) is 0 Å².